The second-order valence-electron chi connectivity index (χ2n) is 3.00. The van der Waals surface area contributed by atoms with Crippen LogP contribution in [0.15, 0.2) is 10.3 Å². The van der Waals surface area contributed by atoms with Gasteiger partial charge < -0.3 is 30.9 Å². The van der Waals surface area contributed by atoms with Crippen LogP contribution in [0.4, 0.5) is 0 Å². The van der Waals surface area contributed by atoms with Crippen molar-refractivity contribution in [3.63, 3.8) is 0 Å². The summed E-state index contributed by atoms with van der Waals surface area (Å²) in [5, 5.41) is 6.14. The zero-order valence-electron chi connectivity index (χ0n) is 15.0. The van der Waals surface area contributed by atoms with Crippen LogP contribution in [0.5, 0.6) is 0 Å². The van der Waals surface area contributed by atoms with Gasteiger partial charge in [0.2, 0.25) is 11.9 Å². The molecule has 100 valence electrons. The summed E-state index contributed by atoms with van der Waals surface area (Å²) >= 11 is 0. The monoisotopic (exact) mass is 264 g/mol. The average Bonchev–Trinajstić information content (AvgIpc) is 2.42. The molecule has 10 heteroatoms. The third kappa shape index (κ3) is 3.81. The highest BCUT2D eigenvalue weighted by molar-refractivity contribution is 5.86. The molecule has 0 aromatic heterocycles. The molecule has 0 bridgehead atoms. The van der Waals surface area contributed by atoms with Crippen molar-refractivity contribution >= 4 is 23.9 Å². The van der Waals surface area contributed by atoms with E-state index >= 15 is 0 Å². The van der Waals surface area contributed by atoms with Crippen molar-refractivity contribution < 1.29 is 27.5 Å². The van der Waals surface area contributed by atoms with Crippen molar-refractivity contribution in [3.8, 4) is 0 Å². The molecule has 0 fully saturated rings. The number of nitrogens with zero attached hydrogens (tertiary/aromatic N) is 4. The fraction of sp³-hybridized carbons (Fsp3) is 0.500. The number of rotatable bonds is 0. The zero-order chi connectivity index (χ0) is 18.7. The molecule has 0 atom stereocenters. The van der Waals surface area contributed by atoms with E-state index < -0.39 is 39.0 Å². The lowest BCUT2D eigenvalue weighted by Gasteiger charge is -2.18. The van der Waals surface area contributed by atoms with E-state index in [1.54, 1.807) is 0 Å². The fourth-order valence-electron chi connectivity index (χ4n) is 0.772. The lowest BCUT2D eigenvalue weighted by Crippen LogP contribution is -2.41. The first-order valence-corrected chi connectivity index (χ1v) is 4.44. The van der Waals surface area contributed by atoms with Crippen LogP contribution in [0.3, 0.4) is 0 Å². The fourth-order valence-corrected chi connectivity index (χ4v) is 0.772. The average molecular weight is 264 g/mol. The maximum Gasteiger partial charge on any atom is 0.354 e. The molecule has 2 aliphatic rings. The van der Waals surface area contributed by atoms with E-state index in [0.717, 1.165) is 0 Å². The Morgan fingerprint density at radius 2 is 1.44 bits per heavy atom. The maximum atomic E-state index is 10.6. The highest BCUT2D eigenvalue weighted by atomic mass is 16.7. The Morgan fingerprint density at radius 3 is 1.72 bits per heavy atom. The highest BCUT2D eigenvalue weighted by Crippen LogP contribution is 1.94. The van der Waals surface area contributed by atoms with Crippen LogP contribution in [-0.2, 0) is 19.3 Å². The Morgan fingerprint density at radius 1 is 1.06 bits per heavy atom. The Bertz CT molecular complexity index is 522. The van der Waals surface area contributed by atoms with E-state index in [4.69, 9.17) is 19.7 Å². The first-order valence-electron chi connectivity index (χ1n) is 7.44. The van der Waals surface area contributed by atoms with Gasteiger partial charge in [-0.15, -0.1) is 0 Å². The molecule has 0 aliphatic carbocycles. The minimum Gasteiger partial charge on any atom is -0.367 e. The van der Waals surface area contributed by atoms with Gasteiger partial charge >= 0.3 is 11.9 Å². The van der Waals surface area contributed by atoms with Gasteiger partial charge in [0.05, 0.1) is 0 Å². The summed E-state index contributed by atoms with van der Waals surface area (Å²) in [6.07, 6.45) is 0. The molecule has 2 aliphatic heterocycles. The van der Waals surface area contributed by atoms with Crippen molar-refractivity contribution in [2.45, 2.75) is 0 Å². The molecule has 18 heavy (non-hydrogen) atoms. The Hall–Kier alpha value is -2.52. The smallest absolute Gasteiger partial charge is 0.354 e. The summed E-state index contributed by atoms with van der Waals surface area (Å²) in [6.45, 7) is -5.70. The number of guanidine groups is 2. The molecule has 0 saturated carbocycles. The molecule has 0 amide bonds. The number of carbonyl (C=O) groups is 2. The minimum atomic E-state index is -2.45. The summed E-state index contributed by atoms with van der Waals surface area (Å²) in [5.41, 5.74) is 10.3. The Balaban J connectivity index is 0.000000240. The predicted octanol–water partition coefficient (Wildman–Crippen LogP) is -2.59. The van der Waals surface area contributed by atoms with E-state index in [2.05, 4.69) is 20.0 Å². The van der Waals surface area contributed by atoms with Crippen LogP contribution in [0.25, 0.3) is 0 Å². The van der Waals surface area contributed by atoms with Crippen molar-refractivity contribution in [2.24, 2.45) is 21.8 Å². The molecule has 2 rings (SSSR count). The van der Waals surface area contributed by atoms with E-state index in [1.807, 2.05) is 0 Å². The lowest BCUT2D eigenvalue weighted by atomic mass is 10.6. The standard InChI is InChI=1S/2C4H7N3O2/c2*1-7-2-3(8)9-6-4(7)5/h2*2H2,1H3,(H2,5,6)/i2*1D3. The molecule has 0 spiro atoms. The van der Waals surface area contributed by atoms with Gasteiger partial charge in [0.25, 0.3) is 0 Å². The second-order valence-corrected chi connectivity index (χ2v) is 3.00. The van der Waals surface area contributed by atoms with Crippen LogP contribution in [0.1, 0.15) is 8.22 Å². The van der Waals surface area contributed by atoms with Crippen molar-refractivity contribution in [2.75, 3.05) is 27.0 Å². The normalized spacial score (nSPS) is 25.3. The van der Waals surface area contributed by atoms with Crippen molar-refractivity contribution in [1.29, 1.82) is 0 Å². The van der Waals surface area contributed by atoms with Gasteiger partial charge in [-0.25, -0.2) is 9.59 Å². The Labute approximate surface area is 111 Å². The molecule has 0 unspecified atom stereocenters. The number of nitrogens with two attached hydrogens (primary N) is 2. The molecule has 2 heterocycles. The maximum absolute atomic E-state index is 10.6. The van der Waals surface area contributed by atoms with Crippen LogP contribution in [-0.4, -0.2) is 60.7 Å². The van der Waals surface area contributed by atoms with E-state index in [9.17, 15) is 9.59 Å². The molecular formula is C8H14N6O4. The first kappa shape index (κ1) is 7.03. The largest absolute Gasteiger partial charge is 0.367 e. The topological polar surface area (TPSA) is 136 Å². The van der Waals surface area contributed by atoms with Crippen molar-refractivity contribution in [3.05, 3.63) is 0 Å². The molecular weight excluding hydrogens is 244 g/mol. The lowest BCUT2D eigenvalue weighted by molar-refractivity contribution is -0.146. The minimum absolute atomic E-state index is 0.311. The van der Waals surface area contributed by atoms with Crippen LogP contribution < -0.4 is 11.5 Å². The molecule has 0 aromatic carbocycles. The van der Waals surface area contributed by atoms with Crippen LogP contribution in [0.2, 0.25) is 0 Å². The van der Waals surface area contributed by atoms with Crippen molar-refractivity contribution in [1.82, 2.24) is 9.80 Å². The number of hydrogen-bond donors (Lipinski definition) is 2. The highest BCUT2D eigenvalue weighted by Gasteiger charge is 2.16. The SMILES string of the molecule is [2H]C([2H])([2H])N1CC(=O)ON=C1N.[2H]C([2H])([2H])N1CC(=O)ON=C1N. The quantitative estimate of drug-likeness (QED) is 0.455. The van der Waals surface area contributed by atoms with Gasteiger partial charge in [-0.2, -0.15) is 0 Å². The van der Waals surface area contributed by atoms with Gasteiger partial charge in [0, 0.05) is 22.2 Å². The summed E-state index contributed by atoms with van der Waals surface area (Å²) in [6, 6.07) is 0. The molecule has 0 saturated heterocycles. The predicted molar refractivity (Wildman–Crippen MR) is 60.7 cm³/mol. The first-order chi connectivity index (χ1) is 10.8. The summed E-state index contributed by atoms with van der Waals surface area (Å²) in [5.74, 6) is -2.09. The second kappa shape index (κ2) is 5.70. The summed E-state index contributed by atoms with van der Waals surface area (Å²) in [4.78, 5) is 30.9. The molecule has 4 N–H and O–H groups in total. The summed E-state index contributed by atoms with van der Waals surface area (Å²) < 4.78 is 41.6. The molecule has 0 aromatic rings. The van der Waals surface area contributed by atoms with E-state index in [0.29, 0.717) is 9.80 Å². The van der Waals surface area contributed by atoms with Gasteiger partial charge in [-0.05, 0) is 10.3 Å². The number of carbonyl (C=O) groups excluding carboxylic acids is 2. The van der Waals surface area contributed by atoms with Crippen LogP contribution >= 0.6 is 0 Å². The van der Waals surface area contributed by atoms with E-state index in [1.165, 1.54) is 0 Å². The van der Waals surface area contributed by atoms with Gasteiger partial charge in [0.1, 0.15) is 13.1 Å². The number of likely N-dealkylation sites (N-methyl/N-ethyl adjacent to an activating group) is 2. The zero-order valence-corrected chi connectivity index (χ0v) is 8.99. The molecule has 0 radical (unpaired) electrons. The van der Waals surface area contributed by atoms with Gasteiger partial charge in [0.15, 0.2) is 0 Å². The van der Waals surface area contributed by atoms with Gasteiger partial charge in [-0.1, -0.05) is 0 Å². The Kier molecular flexibility index (Phi) is 2.23. The third-order valence-corrected chi connectivity index (χ3v) is 1.61. The van der Waals surface area contributed by atoms with Gasteiger partial charge in [-0.3, -0.25) is 0 Å². The van der Waals surface area contributed by atoms with Crippen LogP contribution in [0, 0.1) is 0 Å². The third-order valence-electron chi connectivity index (χ3n) is 1.61. The number of hydrogen-bond acceptors (Lipinski definition) is 10. The summed E-state index contributed by atoms with van der Waals surface area (Å²) in [7, 11) is 0. The molecule has 10 nitrogen and oxygen atoms in total. The number of oxime groups is 2. The van der Waals surface area contributed by atoms with E-state index in [-0.39, 0.29) is 11.9 Å².